The number of aromatic nitrogens is 1. The molecule has 2 heterocycles. The summed E-state index contributed by atoms with van der Waals surface area (Å²) >= 11 is 1.20. The third kappa shape index (κ3) is 4.17. The van der Waals surface area contributed by atoms with Crippen molar-refractivity contribution in [2.24, 2.45) is 0 Å². The molecule has 2 N–H and O–H groups in total. The number of thiazole rings is 1. The number of rotatable bonds is 6. The lowest BCUT2D eigenvalue weighted by molar-refractivity contribution is -0.130. The predicted molar refractivity (Wildman–Crippen MR) is 125 cm³/mol. The van der Waals surface area contributed by atoms with E-state index in [9.17, 15) is 24.6 Å². The molecule has 0 aliphatic carbocycles. The number of ketones is 1. The lowest BCUT2D eigenvalue weighted by atomic mass is 9.94. The molecule has 2 aromatic carbocycles. The number of amides is 1. The largest absolute Gasteiger partial charge is 0.508 e. The van der Waals surface area contributed by atoms with Crippen LogP contribution < -0.4 is 0 Å². The molecule has 1 aliphatic rings. The highest BCUT2D eigenvalue weighted by Crippen LogP contribution is 2.41. The number of phenols is 1. The van der Waals surface area contributed by atoms with Gasteiger partial charge in [0.2, 0.25) is 5.78 Å². The SMILES string of the molecule is COC(=O)c1ccc(CN2C(=O)C(O)=C(C(=O)c3sc(C)nc3C)C2c2ccc(O)cc2)cc1. The van der Waals surface area contributed by atoms with Crippen LogP contribution in [0.4, 0.5) is 0 Å². The number of methoxy groups -OCH3 is 1. The lowest BCUT2D eigenvalue weighted by Crippen LogP contribution is -2.30. The molecule has 1 unspecified atom stereocenters. The average molecular weight is 479 g/mol. The number of aromatic hydroxyl groups is 1. The van der Waals surface area contributed by atoms with Gasteiger partial charge in [0.05, 0.1) is 39.9 Å². The van der Waals surface area contributed by atoms with Gasteiger partial charge in [-0.15, -0.1) is 11.3 Å². The number of esters is 1. The summed E-state index contributed by atoms with van der Waals surface area (Å²) in [5, 5.41) is 21.2. The number of Topliss-reactive ketones (excluding diaryl/α,β-unsaturated/α-hetero) is 1. The second-order valence-corrected chi connectivity index (χ2v) is 9.06. The molecule has 0 saturated carbocycles. The van der Waals surface area contributed by atoms with Crippen LogP contribution in [0.1, 0.15) is 47.9 Å². The second-order valence-electron chi connectivity index (χ2n) is 7.85. The Morgan fingerprint density at radius 3 is 2.26 bits per heavy atom. The Kier molecular flexibility index (Phi) is 6.21. The number of phenolic OH excluding ortho intramolecular Hbond substituents is 1. The van der Waals surface area contributed by atoms with Crippen molar-refractivity contribution in [3.63, 3.8) is 0 Å². The molecule has 0 saturated heterocycles. The van der Waals surface area contributed by atoms with Crippen LogP contribution in [-0.4, -0.2) is 44.9 Å². The Bertz CT molecular complexity index is 1310. The maximum atomic E-state index is 13.5. The Balaban J connectivity index is 1.75. The molecule has 1 amide bonds. The molecule has 1 atom stereocenters. The Labute approximate surface area is 199 Å². The molecule has 0 bridgehead atoms. The highest BCUT2D eigenvalue weighted by atomic mass is 32.1. The molecular weight excluding hydrogens is 456 g/mol. The van der Waals surface area contributed by atoms with Crippen molar-refractivity contribution in [1.82, 2.24) is 9.88 Å². The fourth-order valence-electron chi connectivity index (χ4n) is 3.98. The molecule has 1 aromatic heterocycles. The topological polar surface area (TPSA) is 117 Å². The number of hydrogen-bond acceptors (Lipinski definition) is 8. The molecule has 3 aromatic rings. The Morgan fingerprint density at radius 1 is 1.06 bits per heavy atom. The van der Waals surface area contributed by atoms with Gasteiger partial charge in [-0.25, -0.2) is 9.78 Å². The third-order valence-corrected chi connectivity index (χ3v) is 6.67. The van der Waals surface area contributed by atoms with Gasteiger partial charge in [0.1, 0.15) is 5.75 Å². The van der Waals surface area contributed by atoms with Crippen LogP contribution in [0, 0.1) is 13.8 Å². The minimum absolute atomic E-state index is 0.0337. The summed E-state index contributed by atoms with van der Waals surface area (Å²) in [6, 6.07) is 11.8. The monoisotopic (exact) mass is 478 g/mol. The quantitative estimate of drug-likeness (QED) is 0.406. The van der Waals surface area contributed by atoms with Gasteiger partial charge in [-0.2, -0.15) is 0 Å². The van der Waals surface area contributed by atoms with E-state index >= 15 is 0 Å². The number of aliphatic hydroxyl groups excluding tert-OH is 1. The Hall–Kier alpha value is -3.98. The number of ether oxygens (including phenoxy) is 1. The van der Waals surface area contributed by atoms with Crippen molar-refractivity contribution >= 4 is 29.0 Å². The number of benzene rings is 2. The van der Waals surface area contributed by atoms with Gasteiger partial charge < -0.3 is 19.8 Å². The van der Waals surface area contributed by atoms with Gasteiger partial charge in [-0.1, -0.05) is 24.3 Å². The molecule has 9 heteroatoms. The van der Waals surface area contributed by atoms with Crippen LogP contribution in [-0.2, 0) is 16.1 Å². The molecule has 0 fully saturated rings. The summed E-state index contributed by atoms with van der Waals surface area (Å²) in [4.78, 5) is 44.4. The van der Waals surface area contributed by atoms with Crippen molar-refractivity contribution < 1.29 is 29.3 Å². The number of nitrogens with zero attached hydrogens (tertiary/aromatic N) is 2. The molecule has 34 heavy (non-hydrogen) atoms. The van der Waals surface area contributed by atoms with Gasteiger partial charge in [0.15, 0.2) is 5.76 Å². The molecule has 4 rings (SSSR count). The molecule has 0 spiro atoms. The molecule has 174 valence electrons. The van der Waals surface area contributed by atoms with Crippen LogP contribution in [0.5, 0.6) is 5.75 Å². The van der Waals surface area contributed by atoms with E-state index < -0.39 is 29.5 Å². The normalized spacial score (nSPS) is 15.7. The van der Waals surface area contributed by atoms with Crippen molar-refractivity contribution in [2.75, 3.05) is 7.11 Å². The van der Waals surface area contributed by atoms with Crippen molar-refractivity contribution in [1.29, 1.82) is 0 Å². The maximum Gasteiger partial charge on any atom is 0.337 e. The van der Waals surface area contributed by atoms with E-state index in [0.29, 0.717) is 32.3 Å². The average Bonchev–Trinajstić information content (AvgIpc) is 3.29. The van der Waals surface area contributed by atoms with Crippen LogP contribution in [0.15, 0.2) is 59.9 Å². The van der Waals surface area contributed by atoms with E-state index in [4.69, 9.17) is 4.74 Å². The highest BCUT2D eigenvalue weighted by Gasteiger charge is 2.44. The summed E-state index contributed by atoms with van der Waals surface area (Å²) in [5.41, 5.74) is 2.11. The second kappa shape index (κ2) is 9.11. The zero-order valence-electron chi connectivity index (χ0n) is 18.7. The zero-order valence-corrected chi connectivity index (χ0v) is 19.5. The fraction of sp³-hybridized carbons (Fsp3) is 0.200. The lowest BCUT2D eigenvalue weighted by Gasteiger charge is -2.27. The van der Waals surface area contributed by atoms with E-state index in [1.54, 1.807) is 50.2 Å². The first kappa shape index (κ1) is 23.2. The smallest absolute Gasteiger partial charge is 0.337 e. The van der Waals surface area contributed by atoms with E-state index in [-0.39, 0.29) is 17.9 Å². The summed E-state index contributed by atoms with van der Waals surface area (Å²) in [6.07, 6.45) is 0. The van der Waals surface area contributed by atoms with Gasteiger partial charge in [0, 0.05) is 6.54 Å². The summed E-state index contributed by atoms with van der Waals surface area (Å²) < 4.78 is 4.71. The van der Waals surface area contributed by atoms with E-state index in [0.717, 1.165) is 0 Å². The summed E-state index contributed by atoms with van der Waals surface area (Å²) in [6.45, 7) is 3.57. The number of carbonyl (C=O) groups is 3. The van der Waals surface area contributed by atoms with Crippen LogP contribution in [0.3, 0.4) is 0 Å². The van der Waals surface area contributed by atoms with Crippen molar-refractivity contribution in [3.05, 3.63) is 92.1 Å². The standard InChI is InChI=1S/C25H22N2O6S/c1-13-23(34-14(2)26-13)21(29)19-20(16-8-10-18(28)11-9-16)27(24(31)22(19)30)12-15-4-6-17(7-5-15)25(32)33-3/h4-11,20,28,30H,12H2,1-3H3. The molecule has 0 radical (unpaired) electrons. The molecular formula is C25H22N2O6S. The van der Waals surface area contributed by atoms with Gasteiger partial charge in [-0.05, 0) is 49.2 Å². The zero-order chi connectivity index (χ0) is 24.6. The first-order valence-corrected chi connectivity index (χ1v) is 11.2. The van der Waals surface area contributed by atoms with Crippen LogP contribution >= 0.6 is 11.3 Å². The molecule has 8 nitrogen and oxygen atoms in total. The van der Waals surface area contributed by atoms with E-state index in [1.165, 1.54) is 35.5 Å². The first-order valence-electron chi connectivity index (χ1n) is 10.4. The van der Waals surface area contributed by atoms with Gasteiger partial charge in [0.25, 0.3) is 5.91 Å². The van der Waals surface area contributed by atoms with Crippen LogP contribution in [0.25, 0.3) is 0 Å². The predicted octanol–water partition coefficient (Wildman–Crippen LogP) is 4.03. The number of aryl methyl sites for hydroxylation is 2. The fourth-order valence-corrected chi connectivity index (χ4v) is 4.85. The summed E-state index contributed by atoms with van der Waals surface area (Å²) in [7, 11) is 1.29. The summed E-state index contributed by atoms with van der Waals surface area (Å²) in [5.74, 6) is -2.20. The first-order chi connectivity index (χ1) is 16.2. The minimum atomic E-state index is -0.873. The highest BCUT2D eigenvalue weighted by molar-refractivity contribution is 7.14. The number of hydrogen-bond donors (Lipinski definition) is 2. The molecule has 1 aliphatic heterocycles. The van der Waals surface area contributed by atoms with Gasteiger partial charge in [-0.3, -0.25) is 9.59 Å². The third-order valence-electron chi connectivity index (χ3n) is 5.59. The van der Waals surface area contributed by atoms with Crippen molar-refractivity contribution in [3.8, 4) is 5.75 Å². The van der Waals surface area contributed by atoms with Crippen LogP contribution in [0.2, 0.25) is 0 Å². The Morgan fingerprint density at radius 2 is 1.71 bits per heavy atom. The number of aliphatic hydroxyl groups is 1. The van der Waals surface area contributed by atoms with Crippen molar-refractivity contribution in [2.45, 2.75) is 26.4 Å². The number of carbonyl (C=O) groups excluding carboxylic acids is 3. The van der Waals surface area contributed by atoms with Gasteiger partial charge >= 0.3 is 5.97 Å². The minimum Gasteiger partial charge on any atom is -0.508 e. The maximum absolute atomic E-state index is 13.5. The van der Waals surface area contributed by atoms with E-state index in [2.05, 4.69) is 4.98 Å². The van der Waals surface area contributed by atoms with E-state index in [1.807, 2.05) is 0 Å².